The summed E-state index contributed by atoms with van der Waals surface area (Å²) in [6, 6.07) is 28.9. The second-order valence-electron chi connectivity index (χ2n) is 7.54. The fraction of sp³-hybridized carbons (Fsp3) is 0.240. The molecule has 5 heteroatoms. The molecule has 1 saturated heterocycles. The Bertz CT molecular complexity index is 917. The molecule has 0 aliphatic carbocycles. The molecular formula is C25H26ClN3O. The molecule has 3 aromatic carbocycles. The Balaban J connectivity index is 1.39. The number of carbonyl (C=O) groups excluding carboxylic acids is 1. The zero-order chi connectivity index (χ0) is 20.8. The van der Waals surface area contributed by atoms with Crippen LogP contribution < -0.4 is 5.32 Å². The summed E-state index contributed by atoms with van der Waals surface area (Å²) in [5, 5.41) is 3.70. The standard InChI is InChI=1S/C25H26ClN3O/c26-23-13-7-8-20(18-23)19-27-25(30)29-16-14-28(15-17-29)24(21-9-3-1-4-10-21)22-11-5-2-6-12-22/h1-13,18,24H,14-17,19H2,(H,27,30). The summed E-state index contributed by atoms with van der Waals surface area (Å²) >= 11 is 6.03. The normalized spacial score (nSPS) is 14.7. The molecule has 1 heterocycles. The van der Waals surface area contributed by atoms with Gasteiger partial charge in [-0.3, -0.25) is 4.90 Å². The van der Waals surface area contributed by atoms with Gasteiger partial charge >= 0.3 is 6.03 Å². The molecule has 4 rings (SSSR count). The maximum absolute atomic E-state index is 12.6. The van der Waals surface area contributed by atoms with Gasteiger partial charge in [0.25, 0.3) is 0 Å². The van der Waals surface area contributed by atoms with E-state index in [0.29, 0.717) is 24.7 Å². The highest BCUT2D eigenvalue weighted by molar-refractivity contribution is 6.30. The van der Waals surface area contributed by atoms with E-state index in [2.05, 4.69) is 58.7 Å². The summed E-state index contributed by atoms with van der Waals surface area (Å²) in [5.41, 5.74) is 3.56. The van der Waals surface area contributed by atoms with Crippen molar-refractivity contribution in [2.75, 3.05) is 26.2 Å². The van der Waals surface area contributed by atoms with Crippen LogP contribution in [0.4, 0.5) is 4.79 Å². The third-order valence-electron chi connectivity index (χ3n) is 5.53. The van der Waals surface area contributed by atoms with Crippen molar-refractivity contribution in [3.05, 3.63) is 107 Å². The Morgan fingerprint density at radius 3 is 2.00 bits per heavy atom. The number of carbonyl (C=O) groups is 1. The van der Waals surface area contributed by atoms with Crippen LogP contribution in [0.5, 0.6) is 0 Å². The number of rotatable bonds is 5. The average Bonchev–Trinajstić information content (AvgIpc) is 2.80. The Kier molecular flexibility index (Phi) is 6.67. The first kappa shape index (κ1) is 20.5. The smallest absolute Gasteiger partial charge is 0.317 e. The van der Waals surface area contributed by atoms with Crippen LogP contribution >= 0.6 is 11.6 Å². The van der Waals surface area contributed by atoms with Crippen molar-refractivity contribution >= 4 is 17.6 Å². The highest BCUT2D eigenvalue weighted by Gasteiger charge is 2.28. The van der Waals surface area contributed by atoms with E-state index in [9.17, 15) is 4.79 Å². The van der Waals surface area contributed by atoms with Crippen molar-refractivity contribution in [2.45, 2.75) is 12.6 Å². The van der Waals surface area contributed by atoms with E-state index >= 15 is 0 Å². The molecular weight excluding hydrogens is 394 g/mol. The summed E-state index contributed by atoms with van der Waals surface area (Å²) in [6.07, 6.45) is 0. The molecule has 154 valence electrons. The molecule has 0 bridgehead atoms. The van der Waals surface area contributed by atoms with E-state index in [1.54, 1.807) is 0 Å². The summed E-state index contributed by atoms with van der Waals surface area (Å²) < 4.78 is 0. The summed E-state index contributed by atoms with van der Waals surface area (Å²) in [6.45, 7) is 3.56. The van der Waals surface area contributed by atoms with Gasteiger partial charge in [-0.15, -0.1) is 0 Å². The van der Waals surface area contributed by atoms with Crippen molar-refractivity contribution < 1.29 is 4.79 Å². The molecule has 1 N–H and O–H groups in total. The molecule has 30 heavy (non-hydrogen) atoms. The van der Waals surface area contributed by atoms with Crippen molar-refractivity contribution in [2.24, 2.45) is 0 Å². The van der Waals surface area contributed by atoms with Crippen LogP contribution in [0.2, 0.25) is 5.02 Å². The molecule has 1 fully saturated rings. The molecule has 3 aromatic rings. The quantitative estimate of drug-likeness (QED) is 0.634. The lowest BCUT2D eigenvalue weighted by Crippen LogP contribution is -2.52. The van der Waals surface area contributed by atoms with Crippen molar-refractivity contribution in [1.29, 1.82) is 0 Å². The summed E-state index contributed by atoms with van der Waals surface area (Å²) in [7, 11) is 0. The van der Waals surface area contributed by atoms with Crippen LogP contribution in [0.3, 0.4) is 0 Å². The molecule has 0 saturated carbocycles. The minimum absolute atomic E-state index is 0.0226. The molecule has 0 atom stereocenters. The highest BCUT2D eigenvalue weighted by atomic mass is 35.5. The lowest BCUT2D eigenvalue weighted by atomic mass is 9.96. The van der Waals surface area contributed by atoms with Gasteiger partial charge in [-0.1, -0.05) is 84.4 Å². The lowest BCUT2D eigenvalue weighted by Gasteiger charge is -2.39. The van der Waals surface area contributed by atoms with E-state index in [0.717, 1.165) is 18.7 Å². The first-order valence-corrected chi connectivity index (χ1v) is 10.7. The average molecular weight is 420 g/mol. The first-order valence-electron chi connectivity index (χ1n) is 10.3. The number of hydrogen-bond donors (Lipinski definition) is 1. The molecule has 2 amide bonds. The van der Waals surface area contributed by atoms with Gasteiger partial charge in [-0.2, -0.15) is 0 Å². The van der Waals surface area contributed by atoms with E-state index < -0.39 is 0 Å². The number of nitrogens with one attached hydrogen (secondary N) is 1. The van der Waals surface area contributed by atoms with Crippen LogP contribution in [-0.2, 0) is 6.54 Å². The van der Waals surface area contributed by atoms with E-state index in [-0.39, 0.29) is 12.1 Å². The number of benzene rings is 3. The summed E-state index contributed by atoms with van der Waals surface area (Å²) in [5.74, 6) is 0. The SMILES string of the molecule is O=C(NCc1cccc(Cl)c1)N1CCN(C(c2ccccc2)c2ccccc2)CC1. The zero-order valence-corrected chi connectivity index (χ0v) is 17.6. The van der Waals surface area contributed by atoms with Crippen molar-refractivity contribution in [3.63, 3.8) is 0 Å². The lowest BCUT2D eigenvalue weighted by molar-refractivity contribution is 0.120. The maximum atomic E-state index is 12.6. The predicted octanol–water partition coefficient (Wildman–Crippen LogP) is 4.96. The Morgan fingerprint density at radius 2 is 1.43 bits per heavy atom. The van der Waals surface area contributed by atoms with Gasteiger partial charge in [0.05, 0.1) is 6.04 Å². The van der Waals surface area contributed by atoms with Crippen molar-refractivity contribution in [1.82, 2.24) is 15.1 Å². The predicted molar refractivity (Wildman–Crippen MR) is 122 cm³/mol. The van der Waals surface area contributed by atoms with E-state index in [1.807, 2.05) is 41.3 Å². The number of piperazine rings is 1. The van der Waals surface area contributed by atoms with Gasteiger partial charge < -0.3 is 10.2 Å². The van der Waals surface area contributed by atoms with Gasteiger partial charge in [-0.05, 0) is 28.8 Å². The number of urea groups is 1. The Hall–Kier alpha value is -2.82. The Labute approximate surface area is 183 Å². The maximum Gasteiger partial charge on any atom is 0.317 e. The number of nitrogens with zero attached hydrogens (tertiary/aromatic N) is 2. The number of hydrogen-bond acceptors (Lipinski definition) is 2. The van der Waals surface area contributed by atoms with Gasteiger partial charge in [0.2, 0.25) is 0 Å². The monoisotopic (exact) mass is 419 g/mol. The molecule has 0 unspecified atom stereocenters. The molecule has 4 nitrogen and oxygen atoms in total. The van der Waals surface area contributed by atoms with E-state index in [4.69, 9.17) is 11.6 Å². The number of halogens is 1. The highest BCUT2D eigenvalue weighted by Crippen LogP contribution is 2.29. The van der Waals surface area contributed by atoms with Gasteiger partial charge in [0, 0.05) is 37.7 Å². The molecule has 0 aromatic heterocycles. The second kappa shape index (κ2) is 9.79. The van der Waals surface area contributed by atoms with E-state index in [1.165, 1.54) is 11.1 Å². The molecule has 0 spiro atoms. The second-order valence-corrected chi connectivity index (χ2v) is 7.97. The minimum atomic E-state index is -0.0226. The van der Waals surface area contributed by atoms with Crippen LogP contribution in [0.1, 0.15) is 22.7 Å². The largest absolute Gasteiger partial charge is 0.334 e. The van der Waals surface area contributed by atoms with Gasteiger partial charge in [0.1, 0.15) is 0 Å². The van der Waals surface area contributed by atoms with Gasteiger partial charge in [-0.25, -0.2) is 4.79 Å². The first-order chi connectivity index (χ1) is 14.7. The Morgan fingerprint density at radius 1 is 0.833 bits per heavy atom. The minimum Gasteiger partial charge on any atom is -0.334 e. The van der Waals surface area contributed by atoms with Crippen LogP contribution in [0.15, 0.2) is 84.9 Å². The van der Waals surface area contributed by atoms with Crippen LogP contribution in [0, 0.1) is 0 Å². The fourth-order valence-corrected chi connectivity index (χ4v) is 4.22. The molecule has 1 aliphatic heterocycles. The van der Waals surface area contributed by atoms with Crippen LogP contribution in [0.25, 0.3) is 0 Å². The fourth-order valence-electron chi connectivity index (χ4n) is 4.00. The third kappa shape index (κ3) is 5.02. The van der Waals surface area contributed by atoms with Crippen molar-refractivity contribution in [3.8, 4) is 0 Å². The topological polar surface area (TPSA) is 35.6 Å². The molecule has 0 radical (unpaired) electrons. The zero-order valence-electron chi connectivity index (χ0n) is 16.9. The van der Waals surface area contributed by atoms with Gasteiger partial charge in [0.15, 0.2) is 0 Å². The van der Waals surface area contributed by atoms with Crippen LogP contribution in [-0.4, -0.2) is 42.0 Å². The number of amides is 2. The third-order valence-corrected chi connectivity index (χ3v) is 5.77. The summed E-state index contributed by atoms with van der Waals surface area (Å²) in [4.78, 5) is 17.0. The molecule has 1 aliphatic rings.